The van der Waals surface area contributed by atoms with Crippen LogP contribution in [0.4, 0.5) is 0 Å². The zero-order valence-electron chi connectivity index (χ0n) is 28.6. The highest BCUT2D eigenvalue weighted by Crippen LogP contribution is 2.30. The van der Waals surface area contributed by atoms with Crippen molar-refractivity contribution in [3.8, 4) is 0 Å². The molecule has 0 aliphatic heterocycles. The second kappa shape index (κ2) is 29.6. The third kappa shape index (κ3) is 24.8. The lowest BCUT2D eigenvalue weighted by Crippen LogP contribution is -2.29. The quantitative estimate of drug-likeness (QED) is 0.0645. The molecule has 0 spiro atoms. The van der Waals surface area contributed by atoms with Gasteiger partial charge in [0.15, 0.2) is 0 Å². The first-order valence-electron chi connectivity index (χ1n) is 18.8. The maximum Gasteiger partial charge on any atom is 0.306 e. The fourth-order valence-electron chi connectivity index (χ4n) is 6.34. The molecule has 0 aromatic rings. The molecule has 6 heteroatoms. The molecule has 1 N–H and O–H groups in total. The van der Waals surface area contributed by atoms with Crippen molar-refractivity contribution >= 4 is 11.9 Å². The Balaban J connectivity index is 1.91. The SMILES string of the molecule is CCCCCCCOC(=O)CCCCCCCCCN(CCO)CCCCCCCC(=O)OC1CCC(CCCC)CC1. The Bertz CT molecular complexity index is 634. The van der Waals surface area contributed by atoms with E-state index in [2.05, 4.69) is 18.7 Å². The first kappa shape index (κ1) is 39.9. The van der Waals surface area contributed by atoms with Crippen LogP contribution < -0.4 is 0 Å². The van der Waals surface area contributed by atoms with Gasteiger partial charge in [-0.05, 0) is 76.8 Å². The van der Waals surface area contributed by atoms with Crippen molar-refractivity contribution in [1.82, 2.24) is 4.90 Å². The minimum absolute atomic E-state index is 0.00892. The molecular weight excluding hydrogens is 538 g/mol. The Morgan fingerprint density at radius 1 is 0.605 bits per heavy atom. The first-order chi connectivity index (χ1) is 21.1. The van der Waals surface area contributed by atoms with Gasteiger partial charge in [-0.3, -0.25) is 9.59 Å². The Morgan fingerprint density at radius 2 is 1.12 bits per heavy atom. The Kier molecular flexibility index (Phi) is 27.4. The largest absolute Gasteiger partial charge is 0.466 e. The topological polar surface area (TPSA) is 76.1 Å². The highest BCUT2D eigenvalue weighted by Gasteiger charge is 2.23. The molecule has 0 heterocycles. The van der Waals surface area contributed by atoms with Crippen molar-refractivity contribution < 1.29 is 24.2 Å². The van der Waals surface area contributed by atoms with Crippen LogP contribution in [0.5, 0.6) is 0 Å². The average Bonchev–Trinajstić information content (AvgIpc) is 3.01. The zero-order chi connectivity index (χ0) is 31.2. The van der Waals surface area contributed by atoms with Crippen LogP contribution in [0, 0.1) is 5.92 Å². The fourth-order valence-corrected chi connectivity index (χ4v) is 6.34. The third-order valence-corrected chi connectivity index (χ3v) is 9.20. The standard InChI is InChI=1S/C37H71NO5/c1-3-5-7-16-21-33-42-36(40)23-17-12-9-8-10-14-19-29-38(31-32-39)30-20-15-11-13-18-24-37(41)43-35-27-25-34(26-28-35)22-6-4-2/h34-35,39H,3-33H2,1-2H3. The predicted molar refractivity (Wildman–Crippen MR) is 179 cm³/mol. The molecule has 0 aromatic carbocycles. The van der Waals surface area contributed by atoms with Gasteiger partial charge < -0.3 is 19.5 Å². The molecule has 0 aromatic heterocycles. The second-order valence-corrected chi connectivity index (χ2v) is 13.2. The fraction of sp³-hybridized carbons (Fsp3) is 0.946. The van der Waals surface area contributed by atoms with Crippen molar-refractivity contribution in [3.05, 3.63) is 0 Å². The number of unbranched alkanes of at least 4 members (excludes halogenated alkanes) is 15. The molecule has 1 aliphatic rings. The normalized spacial score (nSPS) is 16.9. The van der Waals surface area contributed by atoms with Crippen molar-refractivity contribution in [2.75, 3.05) is 32.8 Å². The highest BCUT2D eigenvalue weighted by molar-refractivity contribution is 5.69. The maximum absolute atomic E-state index is 12.2. The van der Waals surface area contributed by atoms with E-state index in [0.717, 1.165) is 76.9 Å². The van der Waals surface area contributed by atoms with E-state index in [0.29, 0.717) is 19.4 Å². The van der Waals surface area contributed by atoms with Crippen LogP contribution in [0.1, 0.15) is 181 Å². The Labute approximate surface area is 266 Å². The summed E-state index contributed by atoms with van der Waals surface area (Å²) < 4.78 is 11.1. The van der Waals surface area contributed by atoms with Crippen molar-refractivity contribution in [2.24, 2.45) is 5.92 Å². The van der Waals surface area contributed by atoms with Gasteiger partial charge in [-0.25, -0.2) is 0 Å². The maximum atomic E-state index is 12.2. The van der Waals surface area contributed by atoms with Crippen LogP contribution in [-0.2, 0) is 19.1 Å². The molecule has 43 heavy (non-hydrogen) atoms. The van der Waals surface area contributed by atoms with E-state index in [9.17, 15) is 14.7 Å². The molecule has 254 valence electrons. The molecule has 0 unspecified atom stereocenters. The van der Waals surface area contributed by atoms with Crippen LogP contribution in [0.3, 0.4) is 0 Å². The van der Waals surface area contributed by atoms with E-state index in [1.54, 1.807) is 0 Å². The van der Waals surface area contributed by atoms with Crippen molar-refractivity contribution in [3.63, 3.8) is 0 Å². The average molecular weight is 610 g/mol. The number of carbonyl (C=O) groups excluding carboxylic acids is 2. The van der Waals surface area contributed by atoms with Crippen LogP contribution in [0.15, 0.2) is 0 Å². The van der Waals surface area contributed by atoms with Gasteiger partial charge in [-0.1, -0.05) is 110 Å². The van der Waals surface area contributed by atoms with Gasteiger partial charge in [0, 0.05) is 19.4 Å². The van der Waals surface area contributed by atoms with E-state index in [1.165, 1.54) is 103 Å². The van der Waals surface area contributed by atoms with Gasteiger partial charge in [-0.15, -0.1) is 0 Å². The number of esters is 2. The summed E-state index contributed by atoms with van der Waals surface area (Å²) in [5, 5.41) is 9.46. The molecule has 0 amide bonds. The molecule has 0 radical (unpaired) electrons. The third-order valence-electron chi connectivity index (χ3n) is 9.20. The van der Waals surface area contributed by atoms with E-state index in [4.69, 9.17) is 9.47 Å². The van der Waals surface area contributed by atoms with E-state index >= 15 is 0 Å². The van der Waals surface area contributed by atoms with Gasteiger partial charge in [0.2, 0.25) is 0 Å². The number of hydrogen-bond donors (Lipinski definition) is 1. The van der Waals surface area contributed by atoms with Crippen molar-refractivity contribution in [2.45, 2.75) is 187 Å². The van der Waals surface area contributed by atoms with E-state index in [-0.39, 0.29) is 24.6 Å². The zero-order valence-corrected chi connectivity index (χ0v) is 28.6. The van der Waals surface area contributed by atoms with E-state index in [1.807, 2.05) is 0 Å². The summed E-state index contributed by atoms with van der Waals surface area (Å²) in [7, 11) is 0. The summed E-state index contributed by atoms with van der Waals surface area (Å²) in [5.41, 5.74) is 0. The predicted octanol–water partition coefficient (Wildman–Crippen LogP) is 9.55. The highest BCUT2D eigenvalue weighted by atomic mass is 16.5. The summed E-state index contributed by atoms with van der Waals surface area (Å²) >= 11 is 0. The summed E-state index contributed by atoms with van der Waals surface area (Å²) in [5.74, 6) is 0.836. The van der Waals surface area contributed by atoms with Crippen LogP contribution >= 0.6 is 0 Å². The molecular formula is C37H71NO5. The smallest absolute Gasteiger partial charge is 0.306 e. The monoisotopic (exact) mass is 610 g/mol. The molecule has 0 atom stereocenters. The first-order valence-corrected chi connectivity index (χ1v) is 18.8. The molecule has 0 saturated heterocycles. The second-order valence-electron chi connectivity index (χ2n) is 13.2. The van der Waals surface area contributed by atoms with Crippen LogP contribution in [-0.4, -0.2) is 60.9 Å². The summed E-state index contributed by atoms with van der Waals surface area (Å²) in [6.07, 6.45) is 29.5. The number of nitrogens with zero attached hydrogens (tertiary/aromatic N) is 1. The minimum atomic E-state index is -0.0234. The molecule has 1 aliphatic carbocycles. The van der Waals surface area contributed by atoms with E-state index < -0.39 is 0 Å². The van der Waals surface area contributed by atoms with Gasteiger partial charge in [0.05, 0.1) is 13.2 Å². The number of hydrogen-bond acceptors (Lipinski definition) is 6. The number of aliphatic hydroxyl groups excluding tert-OH is 1. The minimum Gasteiger partial charge on any atom is -0.466 e. The number of rotatable bonds is 30. The summed E-state index contributed by atoms with van der Waals surface area (Å²) in [6, 6.07) is 0. The van der Waals surface area contributed by atoms with Gasteiger partial charge in [0.1, 0.15) is 6.10 Å². The van der Waals surface area contributed by atoms with Crippen molar-refractivity contribution in [1.29, 1.82) is 0 Å². The molecule has 1 saturated carbocycles. The van der Waals surface area contributed by atoms with Gasteiger partial charge in [0.25, 0.3) is 0 Å². The van der Waals surface area contributed by atoms with Gasteiger partial charge >= 0.3 is 11.9 Å². The number of aliphatic hydroxyl groups is 1. The summed E-state index contributed by atoms with van der Waals surface area (Å²) in [6.45, 7) is 8.17. The van der Waals surface area contributed by atoms with Crippen LogP contribution in [0.2, 0.25) is 0 Å². The molecule has 1 fully saturated rings. The Hall–Kier alpha value is -1.14. The Morgan fingerprint density at radius 3 is 1.70 bits per heavy atom. The lowest BCUT2D eigenvalue weighted by atomic mass is 9.84. The number of ether oxygens (including phenoxy) is 2. The lowest BCUT2D eigenvalue weighted by molar-refractivity contribution is -0.151. The summed E-state index contributed by atoms with van der Waals surface area (Å²) in [4.78, 5) is 26.5. The molecule has 0 bridgehead atoms. The molecule has 1 rings (SSSR count). The van der Waals surface area contributed by atoms with Crippen LogP contribution in [0.25, 0.3) is 0 Å². The van der Waals surface area contributed by atoms with Gasteiger partial charge in [-0.2, -0.15) is 0 Å². The lowest BCUT2D eigenvalue weighted by Gasteiger charge is -2.28. The number of carbonyl (C=O) groups is 2. The molecule has 6 nitrogen and oxygen atoms in total.